The number of rotatable bonds is 4. The van der Waals surface area contributed by atoms with Crippen LogP contribution in [0.25, 0.3) is 0 Å². The molecule has 0 N–H and O–H groups in total. The van der Waals surface area contributed by atoms with E-state index in [0.717, 1.165) is 11.1 Å². The Morgan fingerprint density at radius 3 is 2.45 bits per heavy atom. The van der Waals surface area contributed by atoms with Crippen molar-refractivity contribution in [1.29, 1.82) is 0 Å². The minimum absolute atomic E-state index is 0.0260. The molecule has 3 heteroatoms. The smallest absolute Gasteiger partial charge is 0.227 e. The van der Waals surface area contributed by atoms with Gasteiger partial charge < -0.3 is 4.90 Å². The average molecular weight is 271 g/mol. The molecular formula is C17H18FNO. The van der Waals surface area contributed by atoms with Crippen LogP contribution in [0.4, 0.5) is 4.39 Å². The van der Waals surface area contributed by atoms with Crippen LogP contribution in [0.3, 0.4) is 0 Å². The molecule has 0 saturated carbocycles. The van der Waals surface area contributed by atoms with Gasteiger partial charge in [-0.05, 0) is 30.2 Å². The highest BCUT2D eigenvalue weighted by Crippen LogP contribution is 2.09. The molecule has 0 fully saturated rings. The van der Waals surface area contributed by atoms with E-state index in [1.54, 1.807) is 18.0 Å². The zero-order valence-electron chi connectivity index (χ0n) is 11.8. The average Bonchev–Trinajstić information content (AvgIpc) is 2.41. The molecule has 2 rings (SSSR count). The SMILES string of the molecule is Cc1ccc(CC(=O)N(C)Cc2cccc(F)c2)cc1. The van der Waals surface area contributed by atoms with E-state index in [4.69, 9.17) is 0 Å². The van der Waals surface area contributed by atoms with Crippen molar-refractivity contribution < 1.29 is 9.18 Å². The molecule has 0 aliphatic rings. The van der Waals surface area contributed by atoms with Gasteiger partial charge in [0.2, 0.25) is 5.91 Å². The van der Waals surface area contributed by atoms with Gasteiger partial charge in [0.25, 0.3) is 0 Å². The third kappa shape index (κ3) is 3.92. The Hall–Kier alpha value is -2.16. The Balaban J connectivity index is 1.96. The molecule has 0 aliphatic carbocycles. The largest absolute Gasteiger partial charge is 0.341 e. The highest BCUT2D eigenvalue weighted by molar-refractivity contribution is 5.78. The summed E-state index contributed by atoms with van der Waals surface area (Å²) in [7, 11) is 1.74. The number of carbonyl (C=O) groups is 1. The van der Waals surface area contributed by atoms with Gasteiger partial charge in [-0.2, -0.15) is 0 Å². The summed E-state index contributed by atoms with van der Waals surface area (Å²) in [6.07, 6.45) is 0.367. The Labute approximate surface area is 118 Å². The lowest BCUT2D eigenvalue weighted by molar-refractivity contribution is -0.129. The van der Waals surface area contributed by atoms with Crippen molar-refractivity contribution >= 4 is 5.91 Å². The van der Waals surface area contributed by atoms with E-state index in [-0.39, 0.29) is 11.7 Å². The van der Waals surface area contributed by atoms with E-state index in [2.05, 4.69) is 0 Å². The molecule has 0 bridgehead atoms. The zero-order valence-corrected chi connectivity index (χ0v) is 11.8. The minimum Gasteiger partial charge on any atom is -0.341 e. The Morgan fingerprint density at radius 2 is 1.80 bits per heavy atom. The molecule has 20 heavy (non-hydrogen) atoms. The Morgan fingerprint density at radius 1 is 1.10 bits per heavy atom. The van der Waals surface area contributed by atoms with Crippen LogP contribution < -0.4 is 0 Å². The quantitative estimate of drug-likeness (QED) is 0.835. The van der Waals surface area contributed by atoms with Crippen molar-refractivity contribution in [3.8, 4) is 0 Å². The maximum atomic E-state index is 13.1. The first-order valence-electron chi connectivity index (χ1n) is 6.58. The number of likely N-dealkylation sites (N-methyl/N-ethyl adjacent to an activating group) is 1. The number of benzene rings is 2. The van der Waals surface area contributed by atoms with Gasteiger partial charge in [-0.15, -0.1) is 0 Å². The van der Waals surface area contributed by atoms with Crippen LogP contribution in [0.1, 0.15) is 16.7 Å². The van der Waals surface area contributed by atoms with Crippen LogP contribution in [0.5, 0.6) is 0 Å². The molecule has 0 radical (unpaired) electrons. The lowest BCUT2D eigenvalue weighted by Crippen LogP contribution is -2.27. The van der Waals surface area contributed by atoms with E-state index < -0.39 is 0 Å². The predicted octanol–water partition coefficient (Wildman–Crippen LogP) is 3.34. The molecule has 2 aromatic rings. The van der Waals surface area contributed by atoms with Crippen molar-refractivity contribution in [3.63, 3.8) is 0 Å². The molecule has 104 valence electrons. The summed E-state index contributed by atoms with van der Waals surface area (Å²) in [4.78, 5) is 13.7. The molecule has 0 aromatic heterocycles. The number of aryl methyl sites for hydroxylation is 1. The molecule has 2 nitrogen and oxygen atoms in total. The van der Waals surface area contributed by atoms with Gasteiger partial charge in [-0.1, -0.05) is 42.0 Å². The molecule has 0 spiro atoms. The second-order valence-corrected chi connectivity index (χ2v) is 5.04. The third-order valence-electron chi connectivity index (χ3n) is 3.21. The standard InChI is InChI=1S/C17H18FNO/c1-13-6-8-14(9-7-13)11-17(20)19(2)12-15-4-3-5-16(18)10-15/h3-10H,11-12H2,1-2H3. The van der Waals surface area contributed by atoms with Gasteiger partial charge >= 0.3 is 0 Å². The summed E-state index contributed by atoms with van der Waals surface area (Å²) in [5, 5.41) is 0. The van der Waals surface area contributed by atoms with Crippen molar-refractivity contribution in [2.24, 2.45) is 0 Å². The first kappa shape index (κ1) is 14.3. The van der Waals surface area contributed by atoms with Crippen LogP contribution in [0, 0.1) is 12.7 Å². The maximum absolute atomic E-state index is 13.1. The summed E-state index contributed by atoms with van der Waals surface area (Å²) >= 11 is 0. The van der Waals surface area contributed by atoms with E-state index >= 15 is 0 Å². The van der Waals surface area contributed by atoms with Crippen LogP contribution in [-0.4, -0.2) is 17.9 Å². The van der Waals surface area contributed by atoms with Gasteiger partial charge in [0.05, 0.1) is 6.42 Å². The fourth-order valence-electron chi connectivity index (χ4n) is 2.01. The van der Waals surface area contributed by atoms with Gasteiger partial charge in [0.1, 0.15) is 5.82 Å². The lowest BCUT2D eigenvalue weighted by atomic mass is 10.1. The molecule has 0 unspecified atom stereocenters. The second kappa shape index (κ2) is 6.33. The molecule has 0 atom stereocenters. The van der Waals surface area contributed by atoms with Gasteiger partial charge in [-0.3, -0.25) is 4.79 Å². The van der Waals surface area contributed by atoms with Gasteiger partial charge in [0, 0.05) is 13.6 Å². The maximum Gasteiger partial charge on any atom is 0.227 e. The Kier molecular flexibility index (Phi) is 4.51. The fraction of sp³-hybridized carbons (Fsp3) is 0.235. The highest BCUT2D eigenvalue weighted by Gasteiger charge is 2.10. The monoisotopic (exact) mass is 271 g/mol. The molecule has 0 heterocycles. The fourth-order valence-corrected chi connectivity index (χ4v) is 2.01. The summed E-state index contributed by atoms with van der Waals surface area (Å²) in [5.74, 6) is -0.250. The third-order valence-corrected chi connectivity index (χ3v) is 3.21. The minimum atomic E-state index is -0.276. The second-order valence-electron chi connectivity index (χ2n) is 5.04. The predicted molar refractivity (Wildman–Crippen MR) is 77.8 cm³/mol. The molecule has 0 aliphatic heterocycles. The van der Waals surface area contributed by atoms with Crippen molar-refractivity contribution in [3.05, 3.63) is 71.0 Å². The van der Waals surface area contributed by atoms with E-state index in [1.807, 2.05) is 37.3 Å². The number of hydrogen-bond acceptors (Lipinski definition) is 1. The van der Waals surface area contributed by atoms with E-state index in [1.165, 1.54) is 17.7 Å². The van der Waals surface area contributed by atoms with Crippen molar-refractivity contribution in [2.45, 2.75) is 19.9 Å². The van der Waals surface area contributed by atoms with Crippen LogP contribution in [0.15, 0.2) is 48.5 Å². The van der Waals surface area contributed by atoms with Crippen LogP contribution in [0.2, 0.25) is 0 Å². The summed E-state index contributed by atoms with van der Waals surface area (Å²) in [6, 6.07) is 14.2. The van der Waals surface area contributed by atoms with Crippen molar-refractivity contribution in [1.82, 2.24) is 4.90 Å². The highest BCUT2D eigenvalue weighted by atomic mass is 19.1. The molecule has 0 saturated heterocycles. The zero-order chi connectivity index (χ0) is 14.5. The number of amides is 1. The number of nitrogens with zero attached hydrogens (tertiary/aromatic N) is 1. The topological polar surface area (TPSA) is 20.3 Å². The number of halogens is 1. The molecule has 2 aromatic carbocycles. The normalized spacial score (nSPS) is 10.3. The summed E-state index contributed by atoms with van der Waals surface area (Å²) < 4.78 is 13.1. The van der Waals surface area contributed by atoms with E-state index in [0.29, 0.717) is 13.0 Å². The van der Waals surface area contributed by atoms with Crippen LogP contribution >= 0.6 is 0 Å². The number of carbonyl (C=O) groups excluding carboxylic acids is 1. The first-order valence-corrected chi connectivity index (χ1v) is 6.58. The number of hydrogen-bond donors (Lipinski definition) is 0. The van der Waals surface area contributed by atoms with Crippen molar-refractivity contribution in [2.75, 3.05) is 7.05 Å². The van der Waals surface area contributed by atoms with Gasteiger partial charge in [0.15, 0.2) is 0 Å². The van der Waals surface area contributed by atoms with E-state index in [9.17, 15) is 9.18 Å². The lowest BCUT2D eigenvalue weighted by Gasteiger charge is -2.17. The molecular weight excluding hydrogens is 253 g/mol. The Bertz CT molecular complexity index is 592. The van der Waals surface area contributed by atoms with Gasteiger partial charge in [-0.25, -0.2) is 4.39 Å². The summed E-state index contributed by atoms with van der Waals surface area (Å²) in [5.41, 5.74) is 2.96. The summed E-state index contributed by atoms with van der Waals surface area (Å²) in [6.45, 7) is 2.43. The first-order chi connectivity index (χ1) is 9.54. The van der Waals surface area contributed by atoms with Crippen LogP contribution in [-0.2, 0) is 17.8 Å². The molecule has 1 amide bonds.